The monoisotopic (exact) mass is 390 g/mol. The normalized spacial score (nSPS) is 11.7. The van der Waals surface area contributed by atoms with Crippen LogP contribution in [-0.2, 0) is 6.54 Å². The second kappa shape index (κ2) is 10.0. The maximum absolute atomic E-state index is 2.47. The maximum atomic E-state index is 2.47. The first kappa shape index (κ1) is 20.8. The Balaban J connectivity index is 2.00. The molecule has 3 rings (SSSR count). The lowest BCUT2D eigenvalue weighted by atomic mass is 10.1. The highest BCUT2D eigenvalue weighted by atomic mass is 31.1. The summed E-state index contributed by atoms with van der Waals surface area (Å²) in [6.45, 7) is 11.7. The topological polar surface area (TPSA) is 0 Å². The fourth-order valence-electron chi connectivity index (χ4n) is 4.10. The van der Waals surface area contributed by atoms with E-state index in [9.17, 15) is 0 Å². The molecule has 0 heterocycles. The van der Waals surface area contributed by atoms with E-state index < -0.39 is 7.92 Å². The van der Waals surface area contributed by atoms with E-state index in [1.165, 1.54) is 52.0 Å². The Morgan fingerprint density at radius 3 is 1.68 bits per heavy atom. The zero-order valence-corrected chi connectivity index (χ0v) is 18.4. The summed E-state index contributed by atoms with van der Waals surface area (Å²) in [5, 5.41) is 4.29. The second-order valence-electron chi connectivity index (χ2n) is 7.53. The molecule has 0 aliphatic carbocycles. The van der Waals surface area contributed by atoms with Gasteiger partial charge in [-0.25, -0.2) is 0 Å². The Labute approximate surface area is 172 Å². The zero-order valence-electron chi connectivity index (χ0n) is 17.5. The van der Waals surface area contributed by atoms with Crippen molar-refractivity contribution in [2.75, 3.05) is 19.6 Å². The van der Waals surface area contributed by atoms with Gasteiger partial charge < -0.3 is 4.48 Å². The summed E-state index contributed by atoms with van der Waals surface area (Å²) in [6, 6.07) is 31.4. The first-order valence-electron chi connectivity index (χ1n) is 10.6. The van der Waals surface area contributed by atoms with Crippen molar-refractivity contribution < 1.29 is 4.48 Å². The van der Waals surface area contributed by atoms with Crippen molar-refractivity contribution in [3.8, 4) is 0 Å². The minimum Gasteiger partial charge on any atom is -0.320 e. The minimum absolute atomic E-state index is 0.527. The standard InChI is InChI=1S/C26H33NP/c1-4-20-27(5-2,6-3)22-23-14-13-19-26(21-23)28(24-15-9-7-10-16-24)25-17-11-8-12-18-25/h7-19,21H,4-6,20,22H2,1-3H3/q+1. The van der Waals surface area contributed by atoms with Crippen LogP contribution in [0.5, 0.6) is 0 Å². The van der Waals surface area contributed by atoms with Gasteiger partial charge in [-0.1, -0.05) is 85.8 Å². The fraction of sp³-hybridized carbons (Fsp3) is 0.308. The Kier molecular flexibility index (Phi) is 7.43. The van der Waals surface area contributed by atoms with E-state index in [4.69, 9.17) is 0 Å². The third kappa shape index (κ3) is 4.90. The predicted octanol–water partition coefficient (Wildman–Crippen LogP) is 5.21. The molecule has 0 amide bonds. The third-order valence-corrected chi connectivity index (χ3v) is 8.18. The molecule has 0 aliphatic heterocycles. The molecular weight excluding hydrogens is 357 g/mol. The van der Waals surface area contributed by atoms with E-state index in [2.05, 4.69) is 106 Å². The van der Waals surface area contributed by atoms with Crippen LogP contribution in [0.1, 0.15) is 32.8 Å². The van der Waals surface area contributed by atoms with Gasteiger partial charge in [-0.2, -0.15) is 0 Å². The molecule has 2 heteroatoms. The Hall–Kier alpha value is -1.95. The van der Waals surface area contributed by atoms with Crippen molar-refractivity contribution in [3.63, 3.8) is 0 Å². The second-order valence-corrected chi connectivity index (χ2v) is 9.75. The molecule has 0 bridgehead atoms. The maximum Gasteiger partial charge on any atom is 0.104 e. The van der Waals surface area contributed by atoms with E-state index in [-0.39, 0.29) is 0 Å². The largest absolute Gasteiger partial charge is 0.320 e. The van der Waals surface area contributed by atoms with Gasteiger partial charge in [0.1, 0.15) is 6.54 Å². The lowest BCUT2D eigenvalue weighted by Gasteiger charge is -2.37. The van der Waals surface area contributed by atoms with Crippen LogP contribution in [0, 0.1) is 0 Å². The van der Waals surface area contributed by atoms with Gasteiger partial charge in [-0.3, -0.25) is 0 Å². The molecule has 1 nitrogen and oxygen atoms in total. The van der Waals surface area contributed by atoms with Crippen molar-refractivity contribution in [1.29, 1.82) is 0 Å². The molecule has 3 aromatic rings. The fourth-order valence-corrected chi connectivity index (χ4v) is 6.46. The van der Waals surface area contributed by atoms with Gasteiger partial charge >= 0.3 is 0 Å². The van der Waals surface area contributed by atoms with Gasteiger partial charge in [0.05, 0.1) is 19.6 Å². The van der Waals surface area contributed by atoms with E-state index >= 15 is 0 Å². The molecule has 28 heavy (non-hydrogen) atoms. The summed E-state index contributed by atoms with van der Waals surface area (Å²) < 4.78 is 1.18. The first-order valence-corrected chi connectivity index (χ1v) is 11.9. The average molecular weight is 391 g/mol. The van der Waals surface area contributed by atoms with Gasteiger partial charge in [-0.05, 0) is 50.2 Å². The van der Waals surface area contributed by atoms with Crippen LogP contribution in [0.25, 0.3) is 0 Å². The Bertz CT molecular complexity index is 801. The first-order chi connectivity index (χ1) is 13.7. The lowest BCUT2D eigenvalue weighted by Crippen LogP contribution is -2.47. The molecule has 0 aliphatic rings. The predicted molar refractivity (Wildman–Crippen MR) is 125 cm³/mol. The molecule has 0 radical (unpaired) electrons. The molecule has 0 N–H and O–H groups in total. The van der Waals surface area contributed by atoms with Crippen molar-refractivity contribution in [2.45, 2.75) is 33.7 Å². The molecule has 0 saturated heterocycles. The van der Waals surface area contributed by atoms with Crippen molar-refractivity contribution >= 4 is 23.8 Å². The summed E-state index contributed by atoms with van der Waals surface area (Å²) in [7, 11) is -0.527. The molecule has 0 saturated carbocycles. The summed E-state index contributed by atoms with van der Waals surface area (Å²) in [4.78, 5) is 0. The molecule has 0 unspecified atom stereocenters. The number of nitrogens with zero attached hydrogens (tertiary/aromatic N) is 1. The lowest BCUT2D eigenvalue weighted by molar-refractivity contribution is -0.937. The van der Waals surface area contributed by atoms with E-state index in [0.717, 1.165) is 6.54 Å². The van der Waals surface area contributed by atoms with Gasteiger partial charge in [0.2, 0.25) is 0 Å². The van der Waals surface area contributed by atoms with Crippen LogP contribution < -0.4 is 15.9 Å². The number of rotatable bonds is 9. The molecule has 0 atom stereocenters. The molecule has 3 aromatic carbocycles. The molecule has 0 fully saturated rings. The SMILES string of the molecule is CCC[N+](CC)(CC)Cc1cccc(P(c2ccccc2)c2ccccc2)c1. The highest BCUT2D eigenvalue weighted by Crippen LogP contribution is 2.33. The summed E-state index contributed by atoms with van der Waals surface area (Å²) in [5.74, 6) is 0. The zero-order chi connectivity index (χ0) is 19.8. The smallest absolute Gasteiger partial charge is 0.104 e. The van der Waals surface area contributed by atoms with Gasteiger partial charge in [0, 0.05) is 5.56 Å². The molecule has 0 spiro atoms. The average Bonchev–Trinajstić information content (AvgIpc) is 2.75. The molecular formula is C26H33NP+. The number of benzene rings is 3. The van der Waals surface area contributed by atoms with Crippen LogP contribution in [0.2, 0.25) is 0 Å². The molecule has 0 aromatic heterocycles. The van der Waals surface area contributed by atoms with E-state index in [1.54, 1.807) is 0 Å². The van der Waals surface area contributed by atoms with Crippen LogP contribution in [0.4, 0.5) is 0 Å². The van der Waals surface area contributed by atoms with Crippen molar-refractivity contribution in [1.82, 2.24) is 0 Å². The Morgan fingerprint density at radius 1 is 0.643 bits per heavy atom. The van der Waals surface area contributed by atoms with Crippen molar-refractivity contribution in [3.05, 3.63) is 90.5 Å². The number of quaternary nitrogens is 1. The van der Waals surface area contributed by atoms with Gasteiger partial charge in [0.25, 0.3) is 0 Å². The summed E-state index contributed by atoms with van der Waals surface area (Å²) in [6.07, 6.45) is 1.24. The summed E-state index contributed by atoms with van der Waals surface area (Å²) >= 11 is 0. The van der Waals surface area contributed by atoms with Crippen LogP contribution in [0.3, 0.4) is 0 Å². The van der Waals surface area contributed by atoms with Crippen LogP contribution in [0.15, 0.2) is 84.9 Å². The van der Waals surface area contributed by atoms with Crippen LogP contribution >= 0.6 is 7.92 Å². The highest BCUT2D eigenvalue weighted by molar-refractivity contribution is 7.79. The number of hydrogen-bond donors (Lipinski definition) is 0. The number of hydrogen-bond acceptors (Lipinski definition) is 0. The quantitative estimate of drug-likeness (QED) is 0.347. The Morgan fingerprint density at radius 2 is 1.18 bits per heavy atom. The van der Waals surface area contributed by atoms with Gasteiger partial charge in [-0.15, -0.1) is 0 Å². The third-order valence-electron chi connectivity index (χ3n) is 5.76. The van der Waals surface area contributed by atoms with E-state index in [0.29, 0.717) is 0 Å². The van der Waals surface area contributed by atoms with Gasteiger partial charge in [0.15, 0.2) is 0 Å². The molecule has 146 valence electrons. The minimum atomic E-state index is -0.527. The van der Waals surface area contributed by atoms with Crippen molar-refractivity contribution in [2.24, 2.45) is 0 Å². The highest BCUT2D eigenvalue weighted by Gasteiger charge is 2.23. The van der Waals surface area contributed by atoms with Crippen LogP contribution in [-0.4, -0.2) is 24.1 Å². The summed E-state index contributed by atoms with van der Waals surface area (Å²) in [5.41, 5.74) is 1.47. The van der Waals surface area contributed by atoms with E-state index in [1.807, 2.05) is 0 Å².